The van der Waals surface area contributed by atoms with Crippen LogP contribution < -0.4 is 0 Å². The smallest absolute Gasteiger partial charge is 0.304 e. The molecule has 0 spiro atoms. The van der Waals surface area contributed by atoms with Gasteiger partial charge in [-0.25, -0.2) is 0 Å². The largest absolute Gasteiger partial charge is 0.481 e. The molecule has 74 valence electrons. The Kier molecular flexibility index (Phi) is 2.02. The second-order valence-electron chi connectivity index (χ2n) is 4.04. The molecule has 3 nitrogen and oxygen atoms in total. The number of pyridine rings is 1. The Bertz CT molecular complexity index is 352. The molecule has 1 fully saturated rings. The number of carbonyl (C=O) groups is 1. The predicted molar refractivity (Wildman–Crippen MR) is 52.1 cm³/mol. The molecular weight excluding hydrogens is 178 g/mol. The van der Waals surface area contributed by atoms with Crippen molar-refractivity contribution >= 4 is 5.97 Å². The van der Waals surface area contributed by atoms with Gasteiger partial charge in [0.25, 0.3) is 0 Å². The zero-order chi connectivity index (χ0) is 10.2. The lowest BCUT2D eigenvalue weighted by atomic mass is 9.94. The van der Waals surface area contributed by atoms with E-state index in [0.717, 1.165) is 24.1 Å². The van der Waals surface area contributed by atoms with E-state index in [1.165, 1.54) is 0 Å². The average molecular weight is 191 g/mol. The molecule has 1 aromatic heterocycles. The molecule has 0 amide bonds. The van der Waals surface area contributed by atoms with E-state index < -0.39 is 5.97 Å². The maximum Gasteiger partial charge on any atom is 0.304 e. The van der Waals surface area contributed by atoms with E-state index >= 15 is 0 Å². The highest BCUT2D eigenvalue weighted by molar-refractivity contribution is 5.70. The summed E-state index contributed by atoms with van der Waals surface area (Å²) in [6.07, 6.45) is 4.00. The number of hydrogen-bond donors (Lipinski definition) is 1. The van der Waals surface area contributed by atoms with Crippen molar-refractivity contribution in [3.63, 3.8) is 0 Å². The first-order valence-corrected chi connectivity index (χ1v) is 4.77. The highest BCUT2D eigenvalue weighted by atomic mass is 16.4. The third-order valence-electron chi connectivity index (χ3n) is 2.87. The number of aromatic nitrogens is 1. The van der Waals surface area contributed by atoms with Gasteiger partial charge in [0.2, 0.25) is 0 Å². The highest BCUT2D eigenvalue weighted by Crippen LogP contribution is 2.50. The summed E-state index contributed by atoms with van der Waals surface area (Å²) in [6.45, 7) is 1.93. The Labute approximate surface area is 82.8 Å². The first kappa shape index (κ1) is 9.19. The lowest BCUT2D eigenvalue weighted by molar-refractivity contribution is -0.137. The van der Waals surface area contributed by atoms with Gasteiger partial charge in [-0.15, -0.1) is 0 Å². The summed E-state index contributed by atoms with van der Waals surface area (Å²) < 4.78 is 0. The van der Waals surface area contributed by atoms with Gasteiger partial charge in [-0.1, -0.05) is 6.07 Å². The highest BCUT2D eigenvalue weighted by Gasteiger charge is 2.46. The molecule has 1 aliphatic carbocycles. The van der Waals surface area contributed by atoms with Crippen molar-refractivity contribution in [3.8, 4) is 0 Å². The van der Waals surface area contributed by atoms with E-state index in [9.17, 15) is 4.79 Å². The van der Waals surface area contributed by atoms with Gasteiger partial charge in [0.1, 0.15) is 0 Å². The Morgan fingerprint density at radius 3 is 2.71 bits per heavy atom. The Hall–Kier alpha value is -1.38. The van der Waals surface area contributed by atoms with Crippen molar-refractivity contribution in [2.75, 3.05) is 0 Å². The maximum absolute atomic E-state index is 10.7. The monoisotopic (exact) mass is 191 g/mol. The summed E-state index contributed by atoms with van der Waals surface area (Å²) in [5.74, 6) is -0.719. The minimum absolute atomic E-state index is 0.105. The van der Waals surface area contributed by atoms with Gasteiger partial charge in [0.05, 0.1) is 6.42 Å². The van der Waals surface area contributed by atoms with E-state index in [-0.39, 0.29) is 11.8 Å². The number of hydrogen-bond acceptors (Lipinski definition) is 2. The van der Waals surface area contributed by atoms with Gasteiger partial charge in [0, 0.05) is 17.3 Å². The van der Waals surface area contributed by atoms with Crippen LogP contribution in [0.2, 0.25) is 0 Å². The molecule has 3 heteroatoms. The molecule has 1 saturated carbocycles. The van der Waals surface area contributed by atoms with Gasteiger partial charge in [-0.3, -0.25) is 9.78 Å². The van der Waals surface area contributed by atoms with Crippen LogP contribution in [0.1, 0.15) is 30.5 Å². The summed E-state index contributed by atoms with van der Waals surface area (Å²) in [4.78, 5) is 14.9. The van der Waals surface area contributed by atoms with E-state index in [2.05, 4.69) is 4.98 Å². The van der Waals surface area contributed by atoms with Crippen LogP contribution in [0.25, 0.3) is 0 Å². The van der Waals surface area contributed by atoms with E-state index in [4.69, 9.17) is 5.11 Å². The summed E-state index contributed by atoms with van der Waals surface area (Å²) in [7, 11) is 0. The number of rotatable bonds is 3. The number of aliphatic carboxylic acids is 1. The van der Waals surface area contributed by atoms with Crippen LogP contribution in [0.15, 0.2) is 18.3 Å². The van der Waals surface area contributed by atoms with Gasteiger partial charge in [-0.05, 0) is 31.4 Å². The molecule has 1 aliphatic rings. The molecule has 0 aliphatic heterocycles. The van der Waals surface area contributed by atoms with Crippen molar-refractivity contribution in [3.05, 3.63) is 29.6 Å². The molecule has 0 unspecified atom stereocenters. The average Bonchev–Trinajstić information content (AvgIpc) is 2.85. The van der Waals surface area contributed by atoms with Gasteiger partial charge >= 0.3 is 5.97 Å². The van der Waals surface area contributed by atoms with Crippen LogP contribution in [-0.2, 0) is 10.2 Å². The van der Waals surface area contributed by atoms with Crippen LogP contribution >= 0.6 is 0 Å². The minimum Gasteiger partial charge on any atom is -0.481 e. The summed E-state index contributed by atoms with van der Waals surface area (Å²) in [5, 5.41) is 8.78. The number of carboxylic acids is 1. The first-order chi connectivity index (χ1) is 6.62. The number of carboxylic acid groups (broad SMARTS) is 1. The normalized spacial score (nSPS) is 17.8. The number of aryl methyl sites for hydroxylation is 1. The number of nitrogens with zero attached hydrogens (tertiary/aromatic N) is 1. The first-order valence-electron chi connectivity index (χ1n) is 4.77. The maximum atomic E-state index is 10.7. The third kappa shape index (κ3) is 1.62. The standard InChI is InChI=1S/C11H13NO2/c1-8-2-3-9(7-12-8)11(4-5-11)6-10(13)14/h2-3,7H,4-6H2,1H3,(H,13,14). The molecule has 1 heterocycles. The van der Waals surface area contributed by atoms with Gasteiger partial charge < -0.3 is 5.11 Å². The molecule has 2 rings (SSSR count). The lowest BCUT2D eigenvalue weighted by Crippen LogP contribution is -2.13. The van der Waals surface area contributed by atoms with Gasteiger partial charge in [-0.2, -0.15) is 0 Å². The molecule has 0 radical (unpaired) electrons. The molecule has 0 atom stereocenters. The van der Waals surface area contributed by atoms with E-state index in [1.54, 1.807) is 0 Å². The van der Waals surface area contributed by atoms with Crippen LogP contribution in [0.3, 0.4) is 0 Å². The van der Waals surface area contributed by atoms with Crippen molar-refractivity contribution in [2.24, 2.45) is 0 Å². The Balaban J connectivity index is 2.22. The third-order valence-corrected chi connectivity index (χ3v) is 2.87. The fourth-order valence-electron chi connectivity index (χ4n) is 1.79. The fourth-order valence-corrected chi connectivity index (χ4v) is 1.79. The molecule has 1 N–H and O–H groups in total. The Morgan fingerprint density at radius 2 is 2.29 bits per heavy atom. The molecule has 0 aromatic carbocycles. The molecular formula is C11H13NO2. The van der Waals surface area contributed by atoms with Crippen molar-refractivity contribution in [1.82, 2.24) is 4.98 Å². The van der Waals surface area contributed by atoms with E-state index in [1.807, 2.05) is 25.3 Å². The molecule has 1 aromatic rings. The SMILES string of the molecule is Cc1ccc(C2(CC(=O)O)CC2)cn1. The second kappa shape index (κ2) is 3.08. The second-order valence-corrected chi connectivity index (χ2v) is 4.04. The quantitative estimate of drug-likeness (QED) is 0.793. The minimum atomic E-state index is -0.719. The van der Waals surface area contributed by atoms with E-state index in [0.29, 0.717) is 0 Å². The molecule has 14 heavy (non-hydrogen) atoms. The Morgan fingerprint density at radius 1 is 1.57 bits per heavy atom. The van der Waals surface area contributed by atoms with Gasteiger partial charge in [0.15, 0.2) is 0 Å². The summed E-state index contributed by atoms with van der Waals surface area (Å²) in [5.41, 5.74) is 1.94. The van der Waals surface area contributed by atoms with Crippen molar-refractivity contribution in [2.45, 2.75) is 31.6 Å². The topological polar surface area (TPSA) is 50.2 Å². The zero-order valence-corrected chi connectivity index (χ0v) is 8.16. The zero-order valence-electron chi connectivity index (χ0n) is 8.16. The fraction of sp³-hybridized carbons (Fsp3) is 0.455. The lowest BCUT2D eigenvalue weighted by Gasteiger charge is -2.12. The molecule has 0 bridgehead atoms. The van der Waals surface area contributed by atoms with Crippen LogP contribution in [-0.4, -0.2) is 16.1 Å². The van der Waals surface area contributed by atoms with Crippen molar-refractivity contribution in [1.29, 1.82) is 0 Å². The predicted octanol–water partition coefficient (Wildman–Crippen LogP) is 1.90. The summed E-state index contributed by atoms with van der Waals surface area (Å²) in [6, 6.07) is 3.94. The molecule has 0 saturated heterocycles. The van der Waals surface area contributed by atoms with Crippen LogP contribution in [0.4, 0.5) is 0 Å². The van der Waals surface area contributed by atoms with Crippen LogP contribution in [0, 0.1) is 6.92 Å². The van der Waals surface area contributed by atoms with Crippen molar-refractivity contribution < 1.29 is 9.90 Å². The van der Waals surface area contributed by atoms with Crippen LogP contribution in [0.5, 0.6) is 0 Å². The summed E-state index contributed by atoms with van der Waals surface area (Å²) >= 11 is 0.